The third-order valence-electron chi connectivity index (χ3n) is 2.63. The van der Waals surface area contributed by atoms with Gasteiger partial charge in [0.25, 0.3) is 5.91 Å². The summed E-state index contributed by atoms with van der Waals surface area (Å²) in [5, 5.41) is 2.77. The van der Waals surface area contributed by atoms with Crippen LogP contribution in [-0.4, -0.2) is 31.2 Å². The Bertz CT molecular complexity index is 652. The maximum atomic E-state index is 11.8. The summed E-state index contributed by atoms with van der Waals surface area (Å²) >= 11 is 1.11. The quantitative estimate of drug-likeness (QED) is 0.862. The third-order valence-corrected chi connectivity index (χ3v) is 3.53. The summed E-state index contributed by atoms with van der Waals surface area (Å²) in [6.45, 7) is 1.36. The number of rotatable bonds is 3. The molecule has 0 atom stereocenters. The normalized spacial score (nSPS) is 15.9. The Morgan fingerprint density at radius 2 is 2.10 bits per heavy atom. The maximum Gasteiger partial charge on any atom is 0.286 e. The number of methoxy groups -OCH3 is 2. The molecule has 2 amide bonds. The Balaban J connectivity index is 2.29. The van der Waals surface area contributed by atoms with Crippen LogP contribution < -0.4 is 14.8 Å². The van der Waals surface area contributed by atoms with E-state index in [1.54, 1.807) is 38.5 Å². The van der Waals surface area contributed by atoms with Gasteiger partial charge in [-0.05, 0) is 36.0 Å². The first-order chi connectivity index (χ1) is 10.0. The minimum absolute atomic E-state index is 0.269. The summed E-state index contributed by atoms with van der Waals surface area (Å²) in [4.78, 5) is 27.0. The first-order valence-electron chi connectivity index (χ1n) is 6.05. The number of nitrogens with zero attached hydrogens (tertiary/aromatic N) is 1. The van der Waals surface area contributed by atoms with Crippen LogP contribution in [0.5, 0.6) is 11.5 Å². The Kier molecular flexibility index (Phi) is 4.64. The van der Waals surface area contributed by atoms with Gasteiger partial charge in [0, 0.05) is 12.5 Å². The Labute approximate surface area is 126 Å². The number of benzene rings is 1. The van der Waals surface area contributed by atoms with Crippen molar-refractivity contribution in [3.05, 3.63) is 28.7 Å². The summed E-state index contributed by atoms with van der Waals surface area (Å²) in [7, 11) is 3.11. The van der Waals surface area contributed by atoms with E-state index < -0.39 is 5.91 Å². The van der Waals surface area contributed by atoms with E-state index in [9.17, 15) is 9.59 Å². The first kappa shape index (κ1) is 15.1. The highest BCUT2D eigenvalue weighted by atomic mass is 32.2. The van der Waals surface area contributed by atoms with Crippen molar-refractivity contribution in [3.63, 3.8) is 0 Å². The average molecular weight is 306 g/mol. The van der Waals surface area contributed by atoms with Gasteiger partial charge in [-0.2, -0.15) is 4.99 Å². The summed E-state index contributed by atoms with van der Waals surface area (Å²) < 4.78 is 10.4. The zero-order chi connectivity index (χ0) is 15.4. The molecule has 1 aromatic rings. The minimum atomic E-state index is -0.395. The zero-order valence-corrected chi connectivity index (χ0v) is 12.6. The summed E-state index contributed by atoms with van der Waals surface area (Å²) in [5.74, 6) is 0.605. The van der Waals surface area contributed by atoms with Gasteiger partial charge in [-0.1, -0.05) is 0 Å². The van der Waals surface area contributed by atoms with Crippen LogP contribution in [0.25, 0.3) is 6.08 Å². The second-order valence-electron chi connectivity index (χ2n) is 4.12. The molecule has 0 saturated carbocycles. The van der Waals surface area contributed by atoms with Gasteiger partial charge in [-0.3, -0.25) is 9.59 Å². The van der Waals surface area contributed by atoms with Gasteiger partial charge in [-0.25, -0.2) is 0 Å². The standard InChI is InChI=1S/C14H14N2O4S/c1-8(17)15-14-16-13(18)12(21-14)7-9-6-10(19-2)4-5-11(9)20-3/h4-7H,1-3H3,(H,15,16,17,18)/b12-7-. The van der Waals surface area contributed by atoms with Gasteiger partial charge in [0.15, 0.2) is 5.17 Å². The molecule has 0 fully saturated rings. The van der Waals surface area contributed by atoms with E-state index in [1.807, 2.05) is 0 Å². The van der Waals surface area contributed by atoms with Crippen LogP contribution in [0.2, 0.25) is 0 Å². The zero-order valence-electron chi connectivity index (χ0n) is 11.8. The van der Waals surface area contributed by atoms with Gasteiger partial charge in [0.2, 0.25) is 5.91 Å². The van der Waals surface area contributed by atoms with Crippen molar-refractivity contribution in [3.8, 4) is 11.5 Å². The van der Waals surface area contributed by atoms with Crippen molar-refractivity contribution in [1.82, 2.24) is 5.32 Å². The Hall–Kier alpha value is -2.28. The van der Waals surface area contributed by atoms with E-state index in [-0.39, 0.29) is 11.1 Å². The molecule has 6 nitrogen and oxygen atoms in total. The maximum absolute atomic E-state index is 11.8. The van der Waals surface area contributed by atoms with Crippen molar-refractivity contribution in [2.75, 3.05) is 14.2 Å². The molecule has 110 valence electrons. The summed E-state index contributed by atoms with van der Waals surface area (Å²) in [5.41, 5.74) is 0.701. The predicted molar refractivity (Wildman–Crippen MR) is 81.4 cm³/mol. The van der Waals surface area contributed by atoms with E-state index >= 15 is 0 Å². The number of nitrogens with one attached hydrogen (secondary N) is 1. The molecule has 1 N–H and O–H groups in total. The molecular formula is C14H14N2O4S. The second-order valence-corrected chi connectivity index (χ2v) is 5.15. The average Bonchev–Trinajstić information content (AvgIpc) is 2.77. The number of hydrogen-bond acceptors (Lipinski definition) is 5. The number of carbonyl (C=O) groups is 2. The van der Waals surface area contributed by atoms with Crippen LogP contribution in [0, 0.1) is 0 Å². The number of ether oxygens (including phenoxy) is 2. The van der Waals surface area contributed by atoms with Gasteiger partial charge in [0.1, 0.15) is 11.5 Å². The Morgan fingerprint density at radius 3 is 2.71 bits per heavy atom. The molecule has 0 bridgehead atoms. The molecule has 1 aliphatic heterocycles. The number of aliphatic imine (C=N–C) groups is 1. The fourth-order valence-electron chi connectivity index (χ4n) is 1.71. The molecule has 2 rings (SSSR count). The largest absolute Gasteiger partial charge is 0.497 e. The van der Waals surface area contributed by atoms with Crippen molar-refractivity contribution in [2.24, 2.45) is 4.99 Å². The van der Waals surface area contributed by atoms with E-state index in [0.29, 0.717) is 22.0 Å². The van der Waals surface area contributed by atoms with Crippen LogP contribution in [-0.2, 0) is 9.59 Å². The Morgan fingerprint density at radius 1 is 1.33 bits per heavy atom. The van der Waals surface area contributed by atoms with Gasteiger partial charge in [0.05, 0.1) is 19.1 Å². The topological polar surface area (TPSA) is 77.0 Å². The van der Waals surface area contributed by atoms with Crippen molar-refractivity contribution >= 4 is 34.8 Å². The molecule has 21 heavy (non-hydrogen) atoms. The lowest BCUT2D eigenvalue weighted by molar-refractivity contribution is -0.117. The number of hydrogen-bond donors (Lipinski definition) is 1. The highest BCUT2D eigenvalue weighted by molar-refractivity contribution is 8.18. The fourth-order valence-corrected chi connectivity index (χ4v) is 2.56. The molecule has 0 aliphatic carbocycles. The number of thioether (sulfide) groups is 1. The van der Waals surface area contributed by atoms with E-state index in [1.165, 1.54) is 6.92 Å². The predicted octanol–water partition coefficient (Wildman–Crippen LogP) is 1.81. The lowest BCUT2D eigenvalue weighted by Crippen LogP contribution is -2.23. The summed E-state index contributed by atoms with van der Waals surface area (Å²) in [6.07, 6.45) is 1.66. The van der Waals surface area contributed by atoms with E-state index in [2.05, 4.69) is 10.3 Å². The van der Waals surface area contributed by atoms with Crippen LogP contribution in [0.15, 0.2) is 28.1 Å². The van der Waals surface area contributed by atoms with E-state index in [0.717, 1.165) is 11.8 Å². The molecule has 0 saturated heterocycles. The fraction of sp³-hybridized carbons (Fsp3) is 0.214. The van der Waals surface area contributed by atoms with E-state index in [4.69, 9.17) is 9.47 Å². The highest BCUT2D eigenvalue weighted by Crippen LogP contribution is 2.32. The first-order valence-corrected chi connectivity index (χ1v) is 6.87. The van der Waals surface area contributed by atoms with Crippen LogP contribution in [0.3, 0.4) is 0 Å². The van der Waals surface area contributed by atoms with Crippen LogP contribution >= 0.6 is 11.8 Å². The van der Waals surface area contributed by atoms with Gasteiger partial charge >= 0.3 is 0 Å². The molecule has 0 spiro atoms. The number of amides is 2. The van der Waals surface area contributed by atoms with Crippen molar-refractivity contribution < 1.29 is 19.1 Å². The molecule has 7 heteroatoms. The minimum Gasteiger partial charge on any atom is -0.497 e. The molecule has 0 radical (unpaired) electrons. The molecule has 1 heterocycles. The summed E-state index contributed by atoms with van der Waals surface area (Å²) in [6, 6.07) is 5.28. The van der Waals surface area contributed by atoms with Crippen molar-refractivity contribution in [2.45, 2.75) is 6.92 Å². The molecule has 0 unspecified atom stereocenters. The lowest BCUT2D eigenvalue weighted by Gasteiger charge is -2.07. The molecule has 0 aromatic heterocycles. The molecular weight excluding hydrogens is 292 g/mol. The SMILES string of the molecule is COc1ccc(OC)c(/C=C2\SC(NC(C)=O)=NC2=O)c1. The van der Waals surface area contributed by atoms with Crippen LogP contribution in [0.4, 0.5) is 0 Å². The second kappa shape index (κ2) is 6.45. The lowest BCUT2D eigenvalue weighted by atomic mass is 10.1. The number of carbonyl (C=O) groups excluding carboxylic acids is 2. The smallest absolute Gasteiger partial charge is 0.286 e. The van der Waals surface area contributed by atoms with Gasteiger partial charge in [-0.15, -0.1) is 0 Å². The van der Waals surface area contributed by atoms with Crippen molar-refractivity contribution in [1.29, 1.82) is 0 Å². The monoisotopic (exact) mass is 306 g/mol. The van der Waals surface area contributed by atoms with Gasteiger partial charge < -0.3 is 14.8 Å². The number of amidine groups is 1. The molecule has 1 aliphatic rings. The molecule has 1 aromatic carbocycles. The highest BCUT2D eigenvalue weighted by Gasteiger charge is 2.23. The van der Waals surface area contributed by atoms with Crippen LogP contribution in [0.1, 0.15) is 12.5 Å². The third kappa shape index (κ3) is 3.63.